The van der Waals surface area contributed by atoms with Gasteiger partial charge in [0.05, 0.1) is 24.8 Å². The molecule has 3 nitrogen and oxygen atoms in total. The molecule has 0 aliphatic carbocycles. The zero-order chi connectivity index (χ0) is 19.0. The van der Waals surface area contributed by atoms with Gasteiger partial charge < -0.3 is 9.73 Å². The van der Waals surface area contributed by atoms with Gasteiger partial charge in [-0.1, -0.05) is 61.2 Å². The monoisotopic (exact) mass is 376 g/mol. The number of rotatable bonds is 4. The molecule has 0 aliphatic heterocycles. The number of pyridine rings is 1. The van der Waals surface area contributed by atoms with Crippen molar-refractivity contribution in [3.8, 4) is 11.1 Å². The lowest BCUT2D eigenvalue weighted by atomic mass is 10.1. The molecule has 0 unspecified atom stereocenters. The van der Waals surface area contributed by atoms with Crippen LogP contribution in [0.5, 0.6) is 0 Å². The normalized spacial score (nSPS) is 11.7. The van der Waals surface area contributed by atoms with Crippen LogP contribution in [0.25, 0.3) is 22.1 Å². The van der Waals surface area contributed by atoms with Crippen LogP contribution in [0.4, 0.5) is 15.8 Å². The van der Waals surface area contributed by atoms with Crippen LogP contribution in [-0.2, 0) is 0 Å². The maximum absolute atomic E-state index is 14.6. The van der Waals surface area contributed by atoms with Gasteiger partial charge in [0.15, 0.2) is 0 Å². The summed E-state index contributed by atoms with van der Waals surface area (Å²) in [6, 6.07) is 15.4. The van der Waals surface area contributed by atoms with E-state index >= 15 is 0 Å². The summed E-state index contributed by atoms with van der Waals surface area (Å²) in [7, 11) is -1.55. The van der Waals surface area contributed by atoms with E-state index in [1.54, 1.807) is 30.8 Å². The number of benzene rings is 2. The molecule has 0 bridgehead atoms. The first-order valence-electron chi connectivity index (χ1n) is 8.91. The minimum absolute atomic E-state index is 0.253. The SMILES string of the molecule is C[Si](C)(C)c1ccc(Nc2coc3c(-c4ccccc4)cncc23)c(F)c1. The van der Waals surface area contributed by atoms with Crippen LogP contribution in [0.2, 0.25) is 19.6 Å². The molecule has 0 fully saturated rings. The predicted octanol–water partition coefficient (Wildman–Crippen LogP) is 5.92. The third-order valence-corrected chi connectivity index (χ3v) is 6.71. The summed E-state index contributed by atoms with van der Waals surface area (Å²) in [5.74, 6) is -0.253. The highest BCUT2D eigenvalue weighted by atomic mass is 28.3. The van der Waals surface area contributed by atoms with Crippen molar-refractivity contribution in [3.63, 3.8) is 0 Å². The van der Waals surface area contributed by atoms with Crippen LogP contribution in [0, 0.1) is 5.82 Å². The number of furan rings is 1. The summed E-state index contributed by atoms with van der Waals surface area (Å²) in [5, 5.41) is 5.08. The Labute approximate surface area is 158 Å². The predicted molar refractivity (Wildman–Crippen MR) is 112 cm³/mol. The van der Waals surface area contributed by atoms with Crippen molar-refractivity contribution < 1.29 is 8.81 Å². The van der Waals surface area contributed by atoms with Gasteiger partial charge in [-0.15, -0.1) is 0 Å². The fraction of sp³-hybridized carbons (Fsp3) is 0.136. The average Bonchev–Trinajstić information content (AvgIpc) is 3.06. The topological polar surface area (TPSA) is 38.1 Å². The maximum Gasteiger partial charge on any atom is 0.146 e. The van der Waals surface area contributed by atoms with Crippen molar-refractivity contribution in [1.82, 2.24) is 4.98 Å². The largest absolute Gasteiger partial charge is 0.461 e. The molecule has 0 atom stereocenters. The Morgan fingerprint density at radius 2 is 1.74 bits per heavy atom. The molecule has 5 heteroatoms. The van der Waals surface area contributed by atoms with Crippen molar-refractivity contribution >= 4 is 35.6 Å². The van der Waals surface area contributed by atoms with Crippen molar-refractivity contribution in [2.45, 2.75) is 19.6 Å². The van der Waals surface area contributed by atoms with Gasteiger partial charge in [-0.2, -0.15) is 0 Å². The number of nitrogens with one attached hydrogen (secondary N) is 1. The molecule has 0 radical (unpaired) electrons. The van der Waals surface area contributed by atoms with Crippen LogP contribution >= 0.6 is 0 Å². The highest BCUT2D eigenvalue weighted by Gasteiger charge is 2.19. The first kappa shape index (κ1) is 17.5. The van der Waals surface area contributed by atoms with Crippen molar-refractivity contribution in [2.75, 3.05) is 5.32 Å². The lowest BCUT2D eigenvalue weighted by molar-refractivity contribution is 0.617. The van der Waals surface area contributed by atoms with Gasteiger partial charge in [0.1, 0.15) is 17.7 Å². The number of nitrogens with zero attached hydrogens (tertiary/aromatic N) is 1. The van der Waals surface area contributed by atoms with E-state index in [4.69, 9.17) is 4.42 Å². The van der Waals surface area contributed by atoms with Crippen LogP contribution in [0.15, 0.2) is 71.6 Å². The summed E-state index contributed by atoms with van der Waals surface area (Å²) in [5.41, 5.74) is 3.82. The Kier molecular flexibility index (Phi) is 4.32. The molecule has 4 rings (SSSR count). The maximum atomic E-state index is 14.6. The molecule has 27 heavy (non-hydrogen) atoms. The summed E-state index contributed by atoms with van der Waals surface area (Å²) in [6.07, 6.45) is 5.14. The molecule has 0 saturated carbocycles. The Morgan fingerprint density at radius 3 is 2.44 bits per heavy atom. The van der Waals surface area contributed by atoms with E-state index in [-0.39, 0.29) is 5.82 Å². The fourth-order valence-electron chi connectivity index (χ4n) is 3.10. The van der Waals surface area contributed by atoms with E-state index in [1.807, 2.05) is 36.4 Å². The summed E-state index contributed by atoms with van der Waals surface area (Å²) >= 11 is 0. The molecular weight excluding hydrogens is 355 g/mol. The minimum Gasteiger partial charge on any atom is -0.461 e. The Morgan fingerprint density at radius 1 is 0.963 bits per heavy atom. The van der Waals surface area contributed by atoms with Crippen molar-refractivity contribution in [1.29, 1.82) is 0 Å². The second-order valence-corrected chi connectivity index (χ2v) is 12.7. The zero-order valence-electron chi connectivity index (χ0n) is 15.6. The molecule has 136 valence electrons. The molecule has 0 amide bonds. The first-order valence-corrected chi connectivity index (χ1v) is 12.4. The van der Waals surface area contributed by atoms with Gasteiger partial charge in [-0.25, -0.2) is 4.39 Å². The van der Waals surface area contributed by atoms with Crippen molar-refractivity contribution in [3.05, 3.63) is 73.0 Å². The Bertz CT molecular complexity index is 1100. The van der Waals surface area contributed by atoms with Crippen LogP contribution in [-0.4, -0.2) is 13.1 Å². The van der Waals surface area contributed by atoms with Gasteiger partial charge in [0, 0.05) is 18.0 Å². The van der Waals surface area contributed by atoms with Crippen LogP contribution < -0.4 is 10.5 Å². The highest BCUT2D eigenvalue weighted by Crippen LogP contribution is 2.34. The fourth-order valence-corrected chi connectivity index (χ4v) is 4.24. The number of hydrogen-bond acceptors (Lipinski definition) is 3. The quantitative estimate of drug-likeness (QED) is 0.449. The molecule has 1 N–H and O–H groups in total. The lowest BCUT2D eigenvalue weighted by Crippen LogP contribution is -2.37. The third kappa shape index (κ3) is 3.38. The molecule has 0 aliphatic rings. The van der Waals surface area contributed by atoms with E-state index in [0.29, 0.717) is 11.4 Å². The zero-order valence-corrected chi connectivity index (χ0v) is 16.6. The number of halogens is 1. The molecular formula is C22H21FN2OSi. The molecule has 0 spiro atoms. The minimum atomic E-state index is -1.55. The molecule has 2 aromatic heterocycles. The van der Waals surface area contributed by atoms with Gasteiger partial charge in [-0.3, -0.25) is 4.98 Å². The van der Waals surface area contributed by atoms with E-state index in [0.717, 1.165) is 27.3 Å². The lowest BCUT2D eigenvalue weighted by Gasteiger charge is -2.17. The van der Waals surface area contributed by atoms with Crippen LogP contribution in [0.1, 0.15) is 0 Å². The number of anilines is 2. The highest BCUT2D eigenvalue weighted by molar-refractivity contribution is 6.88. The van der Waals surface area contributed by atoms with Crippen molar-refractivity contribution in [2.24, 2.45) is 0 Å². The standard InChI is InChI=1S/C22H21FN2OSi/c1-27(2,3)16-9-10-20(19(23)11-16)25-21-14-26-22-17(12-24-13-18(21)22)15-7-5-4-6-8-15/h4-14,25H,1-3H3. The van der Waals surface area contributed by atoms with Crippen LogP contribution in [0.3, 0.4) is 0 Å². The van der Waals surface area contributed by atoms with Gasteiger partial charge in [0.25, 0.3) is 0 Å². The first-order chi connectivity index (χ1) is 12.9. The molecule has 4 aromatic rings. The van der Waals surface area contributed by atoms with E-state index < -0.39 is 8.07 Å². The molecule has 0 saturated heterocycles. The summed E-state index contributed by atoms with van der Waals surface area (Å²) in [4.78, 5) is 4.34. The number of fused-ring (bicyclic) bond motifs is 1. The Hall–Kier alpha value is -2.92. The van der Waals surface area contributed by atoms with E-state index in [9.17, 15) is 4.39 Å². The van der Waals surface area contributed by atoms with Gasteiger partial charge in [0.2, 0.25) is 0 Å². The van der Waals surface area contributed by atoms with Gasteiger partial charge >= 0.3 is 0 Å². The summed E-state index contributed by atoms with van der Waals surface area (Å²) in [6.45, 7) is 6.61. The smallest absolute Gasteiger partial charge is 0.146 e. The summed E-state index contributed by atoms with van der Waals surface area (Å²) < 4.78 is 20.4. The van der Waals surface area contributed by atoms with E-state index in [1.165, 1.54) is 0 Å². The molecule has 2 heterocycles. The third-order valence-electron chi connectivity index (χ3n) is 4.67. The number of hydrogen-bond donors (Lipinski definition) is 1. The second-order valence-electron chi connectivity index (χ2n) is 7.65. The van der Waals surface area contributed by atoms with E-state index in [2.05, 4.69) is 29.9 Å². The Balaban J connectivity index is 1.72. The van der Waals surface area contributed by atoms with Gasteiger partial charge in [-0.05, 0) is 17.7 Å². The average molecular weight is 377 g/mol. The molecule has 2 aromatic carbocycles. The second kappa shape index (κ2) is 6.67. The number of aromatic nitrogens is 1.